The van der Waals surface area contributed by atoms with Gasteiger partial charge >= 0.3 is 11.8 Å². The average Bonchev–Trinajstić information content (AvgIpc) is 3.33. The van der Waals surface area contributed by atoms with Crippen LogP contribution in [0.4, 0.5) is 0 Å². The zero-order valence-corrected chi connectivity index (χ0v) is 17.6. The Balaban J connectivity index is 1.28. The Bertz CT molecular complexity index is 908. The number of piperidine rings is 1. The SMILES string of the molecule is O=C1CCC(N2Cc3cc(O[C@H]4CCC[C@H]4N4CCC(O)CC4)ccc3C2=O)C(O)=[NH+]1. The van der Waals surface area contributed by atoms with Crippen LogP contribution in [0.15, 0.2) is 18.2 Å². The molecule has 1 aromatic rings. The van der Waals surface area contributed by atoms with Crippen molar-refractivity contribution < 1.29 is 29.5 Å². The summed E-state index contributed by atoms with van der Waals surface area (Å²) >= 11 is 0. The van der Waals surface area contributed by atoms with E-state index in [1.165, 1.54) is 0 Å². The molecule has 1 unspecified atom stereocenters. The predicted octanol–water partition coefficient (Wildman–Crippen LogP) is 0.125. The van der Waals surface area contributed by atoms with E-state index in [1.807, 2.05) is 18.2 Å². The number of carbonyl (C=O) groups is 2. The number of carbonyl (C=O) groups excluding carboxylic acids is 2. The molecule has 166 valence electrons. The van der Waals surface area contributed by atoms with Crippen molar-refractivity contribution in [1.82, 2.24) is 9.80 Å². The maximum atomic E-state index is 12.9. The Labute approximate surface area is 181 Å². The van der Waals surface area contributed by atoms with E-state index in [-0.39, 0.29) is 29.9 Å². The van der Waals surface area contributed by atoms with Crippen LogP contribution in [0.3, 0.4) is 0 Å². The van der Waals surface area contributed by atoms with Crippen molar-refractivity contribution >= 4 is 17.7 Å². The molecule has 0 spiro atoms. The number of likely N-dealkylation sites (tertiary alicyclic amines) is 1. The van der Waals surface area contributed by atoms with Gasteiger partial charge in [-0.25, -0.2) is 4.79 Å². The van der Waals surface area contributed by atoms with Gasteiger partial charge < -0.3 is 19.8 Å². The van der Waals surface area contributed by atoms with E-state index in [0.717, 1.165) is 56.5 Å². The molecule has 1 aliphatic carbocycles. The Morgan fingerprint density at radius 2 is 1.87 bits per heavy atom. The summed E-state index contributed by atoms with van der Waals surface area (Å²) in [6.45, 7) is 2.22. The molecule has 8 nitrogen and oxygen atoms in total. The van der Waals surface area contributed by atoms with Crippen molar-refractivity contribution in [2.75, 3.05) is 13.1 Å². The van der Waals surface area contributed by atoms with Crippen LogP contribution < -0.4 is 9.73 Å². The molecule has 1 aromatic carbocycles. The first-order chi connectivity index (χ1) is 15.0. The first-order valence-electron chi connectivity index (χ1n) is 11.4. The first-order valence-corrected chi connectivity index (χ1v) is 11.4. The summed E-state index contributed by atoms with van der Waals surface area (Å²) in [5.74, 6) is 0.282. The Kier molecular flexibility index (Phi) is 5.44. The molecule has 4 aliphatic rings. The van der Waals surface area contributed by atoms with E-state index in [9.17, 15) is 19.8 Å². The number of benzene rings is 1. The normalized spacial score (nSPS) is 29.9. The van der Waals surface area contributed by atoms with Gasteiger partial charge in [-0.2, -0.15) is 0 Å². The summed E-state index contributed by atoms with van der Waals surface area (Å²) in [6.07, 6.45) is 5.56. The van der Waals surface area contributed by atoms with Crippen molar-refractivity contribution in [1.29, 1.82) is 0 Å². The minimum atomic E-state index is -0.490. The van der Waals surface area contributed by atoms with Gasteiger partial charge in [-0.3, -0.25) is 9.69 Å². The molecule has 0 bridgehead atoms. The van der Waals surface area contributed by atoms with E-state index >= 15 is 0 Å². The van der Waals surface area contributed by atoms with Gasteiger partial charge in [0.1, 0.15) is 11.9 Å². The quantitative estimate of drug-likeness (QED) is 0.630. The van der Waals surface area contributed by atoms with Crippen LogP contribution in [-0.4, -0.2) is 75.1 Å². The predicted molar refractivity (Wildman–Crippen MR) is 112 cm³/mol. The van der Waals surface area contributed by atoms with Gasteiger partial charge in [-0.1, -0.05) is 0 Å². The van der Waals surface area contributed by atoms with Crippen LogP contribution in [-0.2, 0) is 11.3 Å². The second kappa shape index (κ2) is 8.24. The molecule has 31 heavy (non-hydrogen) atoms. The highest BCUT2D eigenvalue weighted by molar-refractivity contribution is 6.01. The molecular weight excluding hydrogens is 398 g/mol. The Morgan fingerprint density at radius 1 is 1.06 bits per heavy atom. The molecule has 1 saturated carbocycles. The molecule has 2 fully saturated rings. The van der Waals surface area contributed by atoms with Crippen molar-refractivity contribution in [3.8, 4) is 5.75 Å². The highest BCUT2D eigenvalue weighted by atomic mass is 16.5. The summed E-state index contributed by atoms with van der Waals surface area (Å²) in [5, 5.41) is 20.0. The minimum Gasteiger partial charge on any atom is -0.489 e. The van der Waals surface area contributed by atoms with Crippen LogP contribution in [0.2, 0.25) is 0 Å². The van der Waals surface area contributed by atoms with Gasteiger partial charge in [-0.05, 0) is 62.3 Å². The molecule has 3 N–H and O–H groups in total. The van der Waals surface area contributed by atoms with Crippen molar-refractivity contribution in [2.45, 2.75) is 75.8 Å². The smallest absolute Gasteiger partial charge is 0.388 e. The summed E-state index contributed by atoms with van der Waals surface area (Å²) in [5.41, 5.74) is 1.52. The number of ether oxygens (including phenoxy) is 1. The summed E-state index contributed by atoms with van der Waals surface area (Å²) in [4.78, 5) is 30.9. The van der Waals surface area contributed by atoms with Gasteiger partial charge in [0, 0.05) is 31.2 Å². The third-order valence-electron chi connectivity index (χ3n) is 7.19. The fourth-order valence-electron chi connectivity index (χ4n) is 5.50. The highest BCUT2D eigenvalue weighted by Crippen LogP contribution is 2.33. The second-order valence-electron chi connectivity index (χ2n) is 9.16. The summed E-state index contributed by atoms with van der Waals surface area (Å²) in [6, 6.07) is 5.50. The van der Waals surface area contributed by atoms with Crippen LogP contribution in [0.25, 0.3) is 0 Å². The third kappa shape index (κ3) is 3.94. The van der Waals surface area contributed by atoms with Gasteiger partial charge in [-0.15, -0.1) is 4.99 Å². The number of nitrogens with one attached hydrogen (secondary N) is 1. The van der Waals surface area contributed by atoms with E-state index in [4.69, 9.17) is 4.74 Å². The van der Waals surface area contributed by atoms with E-state index in [2.05, 4.69) is 9.89 Å². The fourth-order valence-corrected chi connectivity index (χ4v) is 5.50. The third-order valence-corrected chi connectivity index (χ3v) is 7.19. The van der Waals surface area contributed by atoms with Crippen LogP contribution in [0.5, 0.6) is 5.75 Å². The van der Waals surface area contributed by atoms with Gasteiger partial charge in [0.2, 0.25) is 0 Å². The molecule has 3 aliphatic heterocycles. The zero-order chi connectivity index (χ0) is 21.5. The summed E-state index contributed by atoms with van der Waals surface area (Å²) < 4.78 is 6.40. The summed E-state index contributed by atoms with van der Waals surface area (Å²) in [7, 11) is 0. The topological polar surface area (TPSA) is 104 Å². The lowest BCUT2D eigenvalue weighted by atomic mass is 10.0. The number of aliphatic hydroxyl groups excluding tert-OH is 2. The van der Waals surface area contributed by atoms with Crippen LogP contribution in [0, 0.1) is 0 Å². The number of fused-ring (bicyclic) bond motifs is 1. The maximum Gasteiger partial charge on any atom is 0.388 e. The monoisotopic (exact) mass is 428 g/mol. The van der Waals surface area contributed by atoms with E-state index < -0.39 is 6.04 Å². The molecule has 8 heteroatoms. The molecule has 2 amide bonds. The number of nitrogens with zero attached hydrogens (tertiary/aromatic N) is 2. The second-order valence-corrected chi connectivity index (χ2v) is 9.16. The Hall–Kier alpha value is -2.45. The molecule has 3 atom stereocenters. The van der Waals surface area contributed by atoms with Crippen molar-refractivity contribution in [3.63, 3.8) is 0 Å². The van der Waals surface area contributed by atoms with Gasteiger partial charge in [0.05, 0.1) is 12.5 Å². The molecule has 5 rings (SSSR count). The number of amides is 2. The number of hydrogen-bond acceptors (Lipinski definition) is 5. The number of aliphatic hydroxyl groups is 2. The molecule has 0 aromatic heterocycles. The van der Waals surface area contributed by atoms with Gasteiger partial charge in [0.15, 0.2) is 6.04 Å². The molecular formula is C23H30N3O5+. The van der Waals surface area contributed by atoms with Crippen molar-refractivity contribution in [3.05, 3.63) is 29.3 Å². The highest BCUT2D eigenvalue weighted by Gasteiger charge is 2.41. The lowest BCUT2D eigenvalue weighted by Gasteiger charge is -2.37. The zero-order valence-electron chi connectivity index (χ0n) is 17.6. The fraction of sp³-hybridized carbons (Fsp3) is 0.609. The van der Waals surface area contributed by atoms with Crippen molar-refractivity contribution in [2.24, 2.45) is 0 Å². The molecule has 1 saturated heterocycles. The average molecular weight is 429 g/mol. The standard InChI is InChI=1S/C23H29N3O5/c27-15-8-10-25(11-9-15)18-2-1-3-20(18)31-16-4-5-17-14(12-16)13-26(23(17)30)19-6-7-21(28)24-22(19)29/h4-5,12,15,18-20,27H,1-3,6-11,13H2,(H,24,28,29)/p+1/t18-,19?,20+/m1/s1. The lowest BCUT2D eigenvalue weighted by Crippen LogP contribution is -2.82. The number of hydrogen-bond donors (Lipinski definition) is 3. The Morgan fingerprint density at radius 3 is 2.65 bits per heavy atom. The lowest BCUT2D eigenvalue weighted by molar-refractivity contribution is -0.394. The van der Waals surface area contributed by atoms with E-state index in [1.54, 1.807) is 4.90 Å². The van der Waals surface area contributed by atoms with E-state index in [0.29, 0.717) is 31.0 Å². The van der Waals surface area contributed by atoms with Crippen LogP contribution in [0.1, 0.15) is 60.9 Å². The van der Waals surface area contributed by atoms with Crippen LogP contribution >= 0.6 is 0 Å². The molecule has 3 heterocycles. The number of rotatable bonds is 4. The van der Waals surface area contributed by atoms with Gasteiger partial charge in [0.25, 0.3) is 5.91 Å². The first kappa shape index (κ1) is 20.5. The largest absolute Gasteiger partial charge is 0.489 e. The maximum absolute atomic E-state index is 12.9. The molecule has 0 radical (unpaired) electrons. The minimum absolute atomic E-state index is 0.118.